The van der Waals surface area contributed by atoms with Crippen LogP contribution in [0.5, 0.6) is 0 Å². The largest absolute Gasteiger partial charge is 0.375 e. The molecule has 3 amide bonds. The molecular formula is C13H19N3O3. The maximum absolute atomic E-state index is 11.5. The highest BCUT2D eigenvalue weighted by Crippen LogP contribution is 2.13. The van der Waals surface area contributed by atoms with Crippen molar-refractivity contribution in [2.45, 2.75) is 19.9 Å². The zero-order chi connectivity index (χ0) is 14.3. The Kier molecular flexibility index (Phi) is 5.81. The van der Waals surface area contributed by atoms with Crippen molar-refractivity contribution in [1.29, 1.82) is 0 Å². The van der Waals surface area contributed by atoms with Gasteiger partial charge in [0.2, 0.25) is 5.91 Å². The fourth-order valence-electron chi connectivity index (χ4n) is 1.39. The summed E-state index contributed by atoms with van der Waals surface area (Å²) >= 11 is 0. The van der Waals surface area contributed by atoms with E-state index in [1.807, 2.05) is 13.8 Å². The molecule has 3 N–H and O–H groups in total. The van der Waals surface area contributed by atoms with Gasteiger partial charge in [0.1, 0.15) is 6.61 Å². The number of urea groups is 1. The van der Waals surface area contributed by atoms with Crippen LogP contribution in [0.25, 0.3) is 0 Å². The topological polar surface area (TPSA) is 79.5 Å². The summed E-state index contributed by atoms with van der Waals surface area (Å²) in [5.41, 5.74) is 1.31. The lowest BCUT2D eigenvalue weighted by Crippen LogP contribution is -2.34. The van der Waals surface area contributed by atoms with Crippen LogP contribution in [-0.4, -0.2) is 31.7 Å². The number of hydrogen-bond acceptors (Lipinski definition) is 3. The van der Waals surface area contributed by atoms with Crippen molar-refractivity contribution in [3.8, 4) is 0 Å². The second-order valence-corrected chi connectivity index (χ2v) is 4.31. The molecule has 1 aromatic rings. The first-order chi connectivity index (χ1) is 9.01. The zero-order valence-corrected chi connectivity index (χ0v) is 11.3. The smallest absolute Gasteiger partial charge is 0.319 e. The Morgan fingerprint density at radius 2 is 1.63 bits per heavy atom. The van der Waals surface area contributed by atoms with E-state index >= 15 is 0 Å². The fourth-order valence-corrected chi connectivity index (χ4v) is 1.39. The summed E-state index contributed by atoms with van der Waals surface area (Å²) in [5, 5.41) is 8.07. The molecule has 0 saturated heterocycles. The summed E-state index contributed by atoms with van der Waals surface area (Å²) in [6, 6.07) is 6.65. The number of amides is 3. The van der Waals surface area contributed by atoms with Gasteiger partial charge < -0.3 is 20.7 Å². The van der Waals surface area contributed by atoms with E-state index in [1.54, 1.807) is 24.3 Å². The van der Waals surface area contributed by atoms with Gasteiger partial charge in [-0.05, 0) is 38.1 Å². The monoisotopic (exact) mass is 265 g/mol. The van der Waals surface area contributed by atoms with Gasteiger partial charge in [0.25, 0.3) is 0 Å². The lowest BCUT2D eigenvalue weighted by Gasteiger charge is -2.10. The number of anilines is 2. The number of benzene rings is 1. The standard InChI is InChI=1S/C13H19N3O3/c1-9(2)14-13(18)16-11-6-4-10(5-7-11)15-12(17)8-19-3/h4-7,9H,8H2,1-3H3,(H,15,17)(H2,14,16,18). The SMILES string of the molecule is COCC(=O)Nc1ccc(NC(=O)NC(C)C)cc1. The Balaban J connectivity index is 2.52. The molecule has 0 radical (unpaired) electrons. The Labute approximate surface area is 112 Å². The number of methoxy groups -OCH3 is 1. The molecule has 0 aliphatic carbocycles. The molecule has 1 rings (SSSR count). The highest BCUT2D eigenvalue weighted by atomic mass is 16.5. The number of hydrogen-bond donors (Lipinski definition) is 3. The fraction of sp³-hybridized carbons (Fsp3) is 0.385. The molecular weight excluding hydrogens is 246 g/mol. The van der Waals surface area contributed by atoms with Gasteiger partial charge in [-0.25, -0.2) is 4.79 Å². The maximum atomic E-state index is 11.5. The summed E-state index contributed by atoms with van der Waals surface area (Å²) in [7, 11) is 1.46. The molecule has 0 spiro atoms. The molecule has 0 unspecified atom stereocenters. The number of carbonyl (C=O) groups is 2. The molecule has 0 saturated carbocycles. The lowest BCUT2D eigenvalue weighted by atomic mass is 10.3. The van der Waals surface area contributed by atoms with Crippen LogP contribution < -0.4 is 16.0 Å². The van der Waals surface area contributed by atoms with Crippen molar-refractivity contribution < 1.29 is 14.3 Å². The molecule has 0 bridgehead atoms. The molecule has 104 valence electrons. The van der Waals surface area contributed by atoms with Crippen molar-refractivity contribution in [2.75, 3.05) is 24.4 Å². The minimum Gasteiger partial charge on any atom is -0.375 e. The van der Waals surface area contributed by atoms with Gasteiger partial charge in [-0.1, -0.05) is 0 Å². The van der Waals surface area contributed by atoms with E-state index < -0.39 is 0 Å². The average Bonchev–Trinajstić information content (AvgIpc) is 2.31. The van der Waals surface area contributed by atoms with Gasteiger partial charge in [0.05, 0.1) is 0 Å². The molecule has 0 fully saturated rings. The van der Waals surface area contributed by atoms with Crippen molar-refractivity contribution in [2.24, 2.45) is 0 Å². The third kappa shape index (κ3) is 5.87. The summed E-state index contributed by atoms with van der Waals surface area (Å²) in [5.74, 6) is -0.222. The van der Waals surface area contributed by atoms with Gasteiger partial charge in [0.15, 0.2) is 0 Å². The Bertz CT molecular complexity index is 429. The Morgan fingerprint density at radius 1 is 1.11 bits per heavy atom. The first-order valence-electron chi connectivity index (χ1n) is 5.97. The van der Waals surface area contributed by atoms with E-state index in [0.717, 1.165) is 0 Å². The lowest BCUT2D eigenvalue weighted by molar-refractivity contribution is -0.119. The summed E-state index contributed by atoms with van der Waals surface area (Å²) < 4.78 is 4.71. The normalized spacial score (nSPS) is 10.1. The van der Waals surface area contributed by atoms with Crippen molar-refractivity contribution >= 4 is 23.3 Å². The van der Waals surface area contributed by atoms with Crippen molar-refractivity contribution in [3.05, 3.63) is 24.3 Å². The van der Waals surface area contributed by atoms with Crippen LogP contribution >= 0.6 is 0 Å². The van der Waals surface area contributed by atoms with Crippen LogP contribution in [0.4, 0.5) is 16.2 Å². The van der Waals surface area contributed by atoms with Crippen LogP contribution in [0.1, 0.15) is 13.8 Å². The maximum Gasteiger partial charge on any atom is 0.319 e. The van der Waals surface area contributed by atoms with E-state index in [2.05, 4.69) is 16.0 Å². The molecule has 0 aliphatic heterocycles. The van der Waals surface area contributed by atoms with E-state index in [9.17, 15) is 9.59 Å². The summed E-state index contributed by atoms with van der Waals surface area (Å²) in [6.45, 7) is 3.78. The predicted octanol–water partition coefficient (Wildman–Crippen LogP) is 1.80. The van der Waals surface area contributed by atoms with Gasteiger partial charge in [-0.3, -0.25) is 4.79 Å². The quantitative estimate of drug-likeness (QED) is 0.759. The Morgan fingerprint density at radius 3 is 2.11 bits per heavy atom. The average molecular weight is 265 g/mol. The molecule has 0 atom stereocenters. The number of rotatable bonds is 5. The number of nitrogens with one attached hydrogen (secondary N) is 3. The molecule has 0 aromatic heterocycles. The van der Waals surface area contributed by atoms with Gasteiger partial charge in [0, 0.05) is 24.5 Å². The predicted molar refractivity (Wildman–Crippen MR) is 74.2 cm³/mol. The van der Waals surface area contributed by atoms with E-state index in [1.165, 1.54) is 7.11 Å². The van der Waals surface area contributed by atoms with Crippen LogP contribution in [0.3, 0.4) is 0 Å². The van der Waals surface area contributed by atoms with Crippen LogP contribution in [0, 0.1) is 0 Å². The highest BCUT2D eigenvalue weighted by molar-refractivity contribution is 5.93. The first-order valence-corrected chi connectivity index (χ1v) is 5.97. The van der Waals surface area contributed by atoms with Gasteiger partial charge in [-0.2, -0.15) is 0 Å². The number of ether oxygens (including phenoxy) is 1. The molecule has 6 heteroatoms. The molecule has 1 aromatic carbocycles. The van der Waals surface area contributed by atoms with Gasteiger partial charge >= 0.3 is 6.03 Å². The molecule has 0 aliphatic rings. The number of carbonyl (C=O) groups excluding carboxylic acids is 2. The third-order valence-corrected chi connectivity index (χ3v) is 2.12. The van der Waals surface area contributed by atoms with Crippen LogP contribution in [0.2, 0.25) is 0 Å². The van der Waals surface area contributed by atoms with Crippen molar-refractivity contribution in [1.82, 2.24) is 5.32 Å². The summed E-state index contributed by atoms with van der Waals surface area (Å²) in [4.78, 5) is 22.7. The van der Waals surface area contributed by atoms with E-state index in [0.29, 0.717) is 11.4 Å². The van der Waals surface area contributed by atoms with Crippen LogP contribution in [0.15, 0.2) is 24.3 Å². The molecule has 19 heavy (non-hydrogen) atoms. The van der Waals surface area contributed by atoms with E-state index in [-0.39, 0.29) is 24.6 Å². The second kappa shape index (κ2) is 7.38. The molecule has 6 nitrogen and oxygen atoms in total. The van der Waals surface area contributed by atoms with E-state index in [4.69, 9.17) is 4.74 Å². The van der Waals surface area contributed by atoms with Crippen molar-refractivity contribution in [3.63, 3.8) is 0 Å². The zero-order valence-electron chi connectivity index (χ0n) is 11.3. The van der Waals surface area contributed by atoms with Crippen LogP contribution in [-0.2, 0) is 9.53 Å². The second-order valence-electron chi connectivity index (χ2n) is 4.31. The minimum atomic E-state index is -0.258. The highest BCUT2D eigenvalue weighted by Gasteiger charge is 2.04. The minimum absolute atomic E-state index is 0.0107. The molecule has 0 heterocycles. The summed E-state index contributed by atoms with van der Waals surface area (Å²) in [6.07, 6.45) is 0. The third-order valence-electron chi connectivity index (χ3n) is 2.12. The Hall–Kier alpha value is -2.08. The first kappa shape index (κ1) is 15.0. The van der Waals surface area contributed by atoms with Gasteiger partial charge in [-0.15, -0.1) is 0 Å².